The Morgan fingerprint density at radius 2 is 1.43 bits per heavy atom. The molecule has 194 valence electrons. The molecule has 5 rings (SSSR count). The predicted octanol–water partition coefficient (Wildman–Crippen LogP) is 2.94. The molecule has 2 aromatic rings. The van der Waals surface area contributed by atoms with E-state index in [9.17, 15) is 14.0 Å². The average Bonchev–Trinajstić information content (AvgIpc) is 3.18. The zero-order chi connectivity index (χ0) is 27.1. The molecule has 37 heavy (non-hydrogen) atoms. The van der Waals surface area contributed by atoms with E-state index in [1.807, 2.05) is 41.5 Å². The van der Waals surface area contributed by atoms with Gasteiger partial charge in [-0.1, -0.05) is 6.07 Å². The molecule has 3 aliphatic heterocycles. The van der Waals surface area contributed by atoms with Gasteiger partial charge in [0.15, 0.2) is 5.78 Å². The van der Waals surface area contributed by atoms with Gasteiger partial charge in [0, 0.05) is 23.5 Å². The highest BCUT2D eigenvalue weighted by atomic mass is 19.1. The van der Waals surface area contributed by atoms with E-state index in [1.165, 1.54) is 25.3 Å². The predicted molar refractivity (Wildman–Crippen MR) is 132 cm³/mol. The molecule has 3 aliphatic rings. The Morgan fingerprint density at radius 3 is 2.05 bits per heavy atom. The number of fused-ring (bicyclic) bond motifs is 10. The normalized spacial score (nSPS) is 27.8. The number of carbonyl (C=O) groups is 2. The van der Waals surface area contributed by atoms with Gasteiger partial charge in [-0.2, -0.15) is 0 Å². The highest BCUT2D eigenvalue weighted by Gasteiger charge is 2.63. The molecule has 0 amide bonds. The maximum atomic E-state index is 15.1. The number of esters is 1. The first-order valence-corrected chi connectivity index (χ1v) is 12.1. The molecule has 2 atom stereocenters. The number of ketones is 1. The number of benzene rings is 2. The largest absolute Gasteiger partial charge is 0.497 e. The summed E-state index contributed by atoms with van der Waals surface area (Å²) in [7, 11) is -0.926. The molecule has 3 heterocycles. The zero-order valence-electron chi connectivity index (χ0n) is 21.9. The highest BCUT2D eigenvalue weighted by Crippen LogP contribution is 2.49. The Kier molecular flexibility index (Phi) is 5.77. The lowest BCUT2D eigenvalue weighted by Crippen LogP contribution is -2.55. The quantitative estimate of drug-likeness (QED) is 0.430. The van der Waals surface area contributed by atoms with Crippen LogP contribution in [-0.4, -0.2) is 55.5 Å². The third-order valence-electron chi connectivity index (χ3n) is 8.26. The molecule has 0 aliphatic carbocycles. The van der Waals surface area contributed by atoms with E-state index in [0.29, 0.717) is 17.9 Å². The van der Waals surface area contributed by atoms with Crippen molar-refractivity contribution < 1.29 is 41.7 Å². The summed E-state index contributed by atoms with van der Waals surface area (Å²) in [5, 5.41) is 0. The minimum Gasteiger partial charge on any atom is -0.465 e. The standard InChI is InChI=1S/C26H28B2F2O7/c1-23(2)25(5)13-26(6)24(3,4)35-28(37-26)18-11-17(19(29)12-20(18)30)21(31)14-8-15(22(32)33-7)10-16(9-14)27(34-23)36-25/h8-12H,13H2,1-7H3. The number of hydrogen-bond donors (Lipinski definition) is 0. The molecule has 7 nitrogen and oxygen atoms in total. The number of rotatable bonds is 1. The highest BCUT2D eigenvalue weighted by molar-refractivity contribution is 6.63. The van der Waals surface area contributed by atoms with E-state index < -0.39 is 65.6 Å². The van der Waals surface area contributed by atoms with Crippen LogP contribution in [0.2, 0.25) is 0 Å². The van der Waals surface area contributed by atoms with E-state index in [0.717, 1.165) is 6.07 Å². The van der Waals surface area contributed by atoms with Gasteiger partial charge in [0.05, 0.1) is 40.6 Å². The first-order chi connectivity index (χ1) is 17.1. The molecule has 0 aromatic heterocycles. The summed E-state index contributed by atoms with van der Waals surface area (Å²) in [5.41, 5.74) is -3.74. The Hall–Kier alpha value is -2.59. The molecule has 0 spiro atoms. The third-order valence-corrected chi connectivity index (χ3v) is 8.26. The van der Waals surface area contributed by atoms with Crippen LogP contribution in [0.1, 0.15) is 74.2 Å². The van der Waals surface area contributed by atoms with E-state index in [4.69, 9.17) is 23.4 Å². The van der Waals surface area contributed by atoms with Gasteiger partial charge in [-0.25, -0.2) is 13.6 Å². The van der Waals surface area contributed by atoms with Crippen LogP contribution in [0.4, 0.5) is 8.78 Å². The van der Waals surface area contributed by atoms with E-state index in [1.54, 1.807) is 0 Å². The first kappa shape index (κ1) is 26.0. The van der Waals surface area contributed by atoms with Gasteiger partial charge >= 0.3 is 20.2 Å². The number of hydrogen-bond acceptors (Lipinski definition) is 7. The molecule has 2 aromatic carbocycles. The van der Waals surface area contributed by atoms with Gasteiger partial charge in [-0.15, -0.1) is 0 Å². The van der Waals surface area contributed by atoms with Crippen LogP contribution in [0.5, 0.6) is 0 Å². The van der Waals surface area contributed by atoms with Crippen molar-refractivity contribution in [2.75, 3.05) is 7.11 Å². The molecule has 2 fully saturated rings. The topological polar surface area (TPSA) is 80.3 Å². The van der Waals surface area contributed by atoms with Crippen molar-refractivity contribution in [2.45, 2.75) is 70.4 Å². The second-order valence-corrected chi connectivity index (χ2v) is 11.3. The maximum absolute atomic E-state index is 15.1. The molecule has 8 bridgehead atoms. The third kappa shape index (κ3) is 3.94. The van der Waals surface area contributed by atoms with Gasteiger partial charge in [0.1, 0.15) is 11.6 Å². The van der Waals surface area contributed by atoms with Crippen molar-refractivity contribution in [1.82, 2.24) is 0 Å². The van der Waals surface area contributed by atoms with E-state index >= 15 is 4.39 Å². The summed E-state index contributed by atoms with van der Waals surface area (Å²) >= 11 is 0. The second kappa shape index (κ2) is 8.20. The molecular weight excluding hydrogens is 484 g/mol. The van der Waals surface area contributed by atoms with Gasteiger partial charge in [-0.3, -0.25) is 4.79 Å². The summed E-state index contributed by atoms with van der Waals surface area (Å²) in [6.45, 7) is 11.2. The Balaban J connectivity index is 1.77. The van der Waals surface area contributed by atoms with Crippen LogP contribution in [0, 0.1) is 11.6 Å². The van der Waals surface area contributed by atoms with Crippen molar-refractivity contribution in [3.63, 3.8) is 0 Å². The number of carbonyl (C=O) groups excluding carboxylic acids is 2. The van der Waals surface area contributed by atoms with Crippen LogP contribution < -0.4 is 10.9 Å². The van der Waals surface area contributed by atoms with E-state index in [2.05, 4.69) is 0 Å². The first-order valence-electron chi connectivity index (χ1n) is 12.1. The van der Waals surface area contributed by atoms with Gasteiger partial charge in [0.25, 0.3) is 0 Å². The maximum Gasteiger partial charge on any atom is 0.497 e. The fourth-order valence-electron chi connectivity index (χ4n) is 5.24. The fraction of sp³-hybridized carbons (Fsp3) is 0.462. The van der Waals surface area contributed by atoms with Crippen molar-refractivity contribution in [3.05, 3.63) is 58.7 Å². The number of ether oxygens (including phenoxy) is 1. The molecule has 11 heteroatoms. The van der Waals surface area contributed by atoms with E-state index in [-0.39, 0.29) is 16.6 Å². The molecule has 0 N–H and O–H groups in total. The van der Waals surface area contributed by atoms with Crippen LogP contribution >= 0.6 is 0 Å². The average molecular weight is 512 g/mol. The fourth-order valence-corrected chi connectivity index (χ4v) is 5.24. The van der Waals surface area contributed by atoms with Crippen LogP contribution in [0.15, 0.2) is 30.3 Å². The minimum absolute atomic E-state index is 0.0107. The summed E-state index contributed by atoms with van der Waals surface area (Å²) in [5.74, 6) is -3.40. The summed E-state index contributed by atoms with van der Waals surface area (Å²) in [6.07, 6.45) is 0.297. The van der Waals surface area contributed by atoms with Crippen LogP contribution in [0.25, 0.3) is 0 Å². The Labute approximate surface area is 215 Å². The Bertz CT molecular complexity index is 1330. The van der Waals surface area contributed by atoms with Crippen LogP contribution in [-0.2, 0) is 23.4 Å². The molecule has 2 unspecified atom stereocenters. The SMILES string of the molecule is COC(=O)c1cc2cc(c1)C(=O)c1cc(c(F)cc1F)B1OC(C)(C)C(C)(CC3(C)OB2OC3(C)C)O1. The summed E-state index contributed by atoms with van der Waals surface area (Å²) < 4.78 is 60.2. The molecule has 2 saturated heterocycles. The Morgan fingerprint density at radius 1 is 0.838 bits per heavy atom. The van der Waals surface area contributed by atoms with Gasteiger partial charge in [-0.05, 0) is 65.2 Å². The van der Waals surface area contributed by atoms with Gasteiger partial charge in [0.2, 0.25) is 0 Å². The minimum atomic E-state index is -1.20. The van der Waals surface area contributed by atoms with Gasteiger partial charge < -0.3 is 23.4 Å². The molecule has 0 saturated carbocycles. The van der Waals surface area contributed by atoms with Crippen molar-refractivity contribution >= 4 is 36.9 Å². The summed E-state index contributed by atoms with van der Waals surface area (Å²) in [6, 6.07) is 6.07. The van der Waals surface area contributed by atoms with Crippen molar-refractivity contribution in [2.24, 2.45) is 0 Å². The van der Waals surface area contributed by atoms with Crippen molar-refractivity contribution in [3.8, 4) is 0 Å². The lowest BCUT2D eigenvalue weighted by atomic mass is 9.73. The lowest BCUT2D eigenvalue weighted by Gasteiger charge is -2.45. The summed E-state index contributed by atoms with van der Waals surface area (Å²) in [4.78, 5) is 26.0. The van der Waals surface area contributed by atoms with Crippen molar-refractivity contribution in [1.29, 1.82) is 0 Å². The number of halogens is 2. The number of methoxy groups -OCH3 is 1. The second-order valence-electron chi connectivity index (χ2n) is 11.3. The molecular formula is C26H28B2F2O7. The monoisotopic (exact) mass is 512 g/mol. The lowest BCUT2D eigenvalue weighted by molar-refractivity contribution is -0.0967. The molecule has 0 radical (unpaired) electrons. The van der Waals surface area contributed by atoms with Crippen LogP contribution in [0.3, 0.4) is 0 Å². The zero-order valence-corrected chi connectivity index (χ0v) is 21.9. The smallest absolute Gasteiger partial charge is 0.465 e.